The molecule has 0 aliphatic carbocycles. The van der Waals surface area contributed by atoms with E-state index in [1.165, 1.54) is 7.11 Å². The summed E-state index contributed by atoms with van der Waals surface area (Å²) < 4.78 is 27.5. The maximum Gasteiger partial charge on any atom is 0.349 e. The van der Waals surface area contributed by atoms with Crippen LogP contribution in [0, 0.1) is 18.3 Å². The Kier molecular flexibility index (Phi) is 7.23. The second kappa shape index (κ2) is 10.5. The highest BCUT2D eigenvalue weighted by Gasteiger charge is 2.33. The molecular weight excluding hydrogens is 484 g/mol. The van der Waals surface area contributed by atoms with Crippen molar-refractivity contribution in [2.45, 2.75) is 12.8 Å². The minimum atomic E-state index is -0.602. The van der Waals surface area contributed by atoms with Gasteiger partial charge in [-0.1, -0.05) is 23.7 Å². The van der Waals surface area contributed by atoms with Crippen LogP contribution in [0.4, 0.5) is 0 Å². The number of nitrogens with zero attached hydrogens (tertiary/aromatic N) is 1. The first-order valence-electron chi connectivity index (χ1n) is 10.9. The molecular formula is C27H23ClN2O6. The van der Waals surface area contributed by atoms with E-state index in [1.54, 1.807) is 55.6 Å². The number of esters is 1. The molecule has 4 rings (SSSR count). The standard InChI is InChI=1S/C27H23ClN2O6/c1-15-10-16(28)4-9-22(15)34-14-25(31)35-18-6-8-20-24(12-18)36-27(30)21(13-29)26(20)19-7-5-17(32-2)11-23(19)33-3/h4-12,26H,14,30H2,1-3H3. The Morgan fingerprint density at radius 3 is 2.47 bits per heavy atom. The molecule has 0 spiro atoms. The summed E-state index contributed by atoms with van der Waals surface area (Å²) in [4.78, 5) is 12.4. The first-order valence-corrected chi connectivity index (χ1v) is 11.3. The van der Waals surface area contributed by atoms with Gasteiger partial charge in [-0.15, -0.1) is 0 Å². The van der Waals surface area contributed by atoms with Crippen molar-refractivity contribution in [3.8, 4) is 34.8 Å². The van der Waals surface area contributed by atoms with Crippen LogP contribution in [0.15, 0.2) is 66.1 Å². The first kappa shape index (κ1) is 24.8. The number of hydrogen-bond acceptors (Lipinski definition) is 8. The Morgan fingerprint density at radius 1 is 1.03 bits per heavy atom. The van der Waals surface area contributed by atoms with Crippen molar-refractivity contribution in [2.75, 3.05) is 20.8 Å². The lowest BCUT2D eigenvalue weighted by Gasteiger charge is -2.27. The van der Waals surface area contributed by atoms with Gasteiger partial charge in [-0.25, -0.2) is 4.79 Å². The lowest BCUT2D eigenvalue weighted by Crippen LogP contribution is -2.22. The number of carbonyl (C=O) groups excluding carboxylic acids is 1. The van der Waals surface area contributed by atoms with Crippen LogP contribution >= 0.6 is 11.6 Å². The highest BCUT2D eigenvalue weighted by molar-refractivity contribution is 6.30. The number of nitrogens with two attached hydrogens (primary N) is 1. The van der Waals surface area contributed by atoms with Crippen molar-refractivity contribution >= 4 is 17.6 Å². The van der Waals surface area contributed by atoms with Crippen molar-refractivity contribution in [1.82, 2.24) is 0 Å². The molecule has 0 saturated heterocycles. The van der Waals surface area contributed by atoms with Gasteiger partial charge in [0.1, 0.15) is 40.4 Å². The number of hydrogen-bond donors (Lipinski definition) is 1. The van der Waals surface area contributed by atoms with Crippen LogP contribution in [-0.2, 0) is 4.79 Å². The van der Waals surface area contributed by atoms with Crippen LogP contribution in [0.3, 0.4) is 0 Å². The minimum absolute atomic E-state index is 0.0436. The van der Waals surface area contributed by atoms with Gasteiger partial charge in [-0.3, -0.25) is 0 Å². The summed E-state index contributed by atoms with van der Waals surface area (Å²) in [6, 6.07) is 17.5. The molecule has 3 aromatic carbocycles. The lowest BCUT2D eigenvalue weighted by molar-refractivity contribution is -0.136. The smallest absolute Gasteiger partial charge is 0.349 e. The van der Waals surface area contributed by atoms with Crippen molar-refractivity contribution in [2.24, 2.45) is 5.73 Å². The number of methoxy groups -OCH3 is 2. The molecule has 1 unspecified atom stereocenters. The van der Waals surface area contributed by atoms with E-state index in [9.17, 15) is 10.1 Å². The van der Waals surface area contributed by atoms with Crippen LogP contribution < -0.4 is 29.4 Å². The van der Waals surface area contributed by atoms with Crippen molar-refractivity contribution in [3.05, 3.63) is 87.8 Å². The molecule has 0 amide bonds. The molecule has 9 heteroatoms. The normalized spacial score (nSPS) is 14.2. The molecule has 0 saturated carbocycles. The van der Waals surface area contributed by atoms with E-state index in [4.69, 9.17) is 41.0 Å². The SMILES string of the molecule is COc1ccc(C2C(C#N)=C(N)Oc3cc(OC(=O)COc4ccc(Cl)cc4C)ccc32)c(OC)c1. The van der Waals surface area contributed by atoms with Gasteiger partial charge in [0.15, 0.2) is 6.61 Å². The first-order chi connectivity index (χ1) is 17.3. The van der Waals surface area contributed by atoms with Gasteiger partial charge in [0.25, 0.3) is 0 Å². The fraction of sp³-hybridized carbons (Fsp3) is 0.185. The second-order valence-electron chi connectivity index (χ2n) is 7.90. The molecule has 0 fully saturated rings. The maximum atomic E-state index is 12.4. The van der Waals surface area contributed by atoms with E-state index in [2.05, 4.69) is 6.07 Å². The molecule has 8 nitrogen and oxygen atoms in total. The summed E-state index contributed by atoms with van der Waals surface area (Å²) in [6.45, 7) is 1.53. The van der Waals surface area contributed by atoms with Crippen LogP contribution in [0.1, 0.15) is 22.6 Å². The zero-order chi connectivity index (χ0) is 25.8. The Bertz CT molecular complexity index is 1400. The van der Waals surface area contributed by atoms with Crippen LogP contribution in [0.2, 0.25) is 5.02 Å². The number of nitriles is 1. The van der Waals surface area contributed by atoms with Crippen molar-refractivity contribution < 1.29 is 28.5 Å². The molecule has 1 atom stereocenters. The number of aryl methyl sites for hydroxylation is 1. The topological polar surface area (TPSA) is 113 Å². The molecule has 0 aromatic heterocycles. The number of carbonyl (C=O) groups is 1. The molecule has 1 aliphatic heterocycles. The van der Waals surface area contributed by atoms with Gasteiger partial charge in [0.05, 0.1) is 20.1 Å². The minimum Gasteiger partial charge on any atom is -0.497 e. The van der Waals surface area contributed by atoms with Gasteiger partial charge in [-0.05, 0) is 42.8 Å². The van der Waals surface area contributed by atoms with E-state index in [0.717, 1.165) is 5.56 Å². The maximum absolute atomic E-state index is 12.4. The number of halogens is 1. The van der Waals surface area contributed by atoms with Gasteiger partial charge >= 0.3 is 5.97 Å². The van der Waals surface area contributed by atoms with Crippen molar-refractivity contribution in [1.29, 1.82) is 5.26 Å². The van der Waals surface area contributed by atoms with E-state index in [1.807, 2.05) is 13.0 Å². The number of ether oxygens (including phenoxy) is 5. The highest BCUT2D eigenvalue weighted by Crippen LogP contribution is 2.46. The van der Waals surface area contributed by atoms with E-state index in [-0.39, 0.29) is 23.8 Å². The Hall–Kier alpha value is -4.35. The van der Waals surface area contributed by atoms with Gasteiger partial charge in [0.2, 0.25) is 5.88 Å². The summed E-state index contributed by atoms with van der Waals surface area (Å²) in [5, 5.41) is 10.4. The third-order valence-corrected chi connectivity index (χ3v) is 5.89. The van der Waals surface area contributed by atoms with Gasteiger partial charge in [-0.2, -0.15) is 5.26 Å². The van der Waals surface area contributed by atoms with Crippen LogP contribution in [0.25, 0.3) is 0 Å². The van der Waals surface area contributed by atoms with Crippen molar-refractivity contribution in [3.63, 3.8) is 0 Å². The van der Waals surface area contributed by atoms with E-state index >= 15 is 0 Å². The largest absolute Gasteiger partial charge is 0.497 e. The van der Waals surface area contributed by atoms with Crippen LogP contribution in [-0.4, -0.2) is 26.8 Å². The molecule has 36 heavy (non-hydrogen) atoms. The fourth-order valence-electron chi connectivity index (χ4n) is 3.95. The van der Waals surface area contributed by atoms with E-state index < -0.39 is 11.9 Å². The van der Waals surface area contributed by atoms with E-state index in [0.29, 0.717) is 39.1 Å². The predicted octanol–water partition coefficient (Wildman–Crippen LogP) is 4.87. The molecule has 1 aliphatic rings. The number of fused-ring (bicyclic) bond motifs is 1. The molecule has 0 radical (unpaired) electrons. The molecule has 1 heterocycles. The number of rotatable bonds is 7. The average molecular weight is 507 g/mol. The van der Waals surface area contributed by atoms with Crippen LogP contribution in [0.5, 0.6) is 28.7 Å². The highest BCUT2D eigenvalue weighted by atomic mass is 35.5. The molecule has 2 N–H and O–H groups in total. The predicted molar refractivity (Wildman–Crippen MR) is 133 cm³/mol. The molecule has 184 valence electrons. The summed E-state index contributed by atoms with van der Waals surface area (Å²) in [5.41, 5.74) is 8.51. The molecule has 3 aromatic rings. The monoisotopic (exact) mass is 506 g/mol. The quantitative estimate of drug-likeness (QED) is 0.357. The average Bonchev–Trinajstić information content (AvgIpc) is 2.87. The summed E-state index contributed by atoms with van der Waals surface area (Å²) in [5.74, 6) is 1.06. The zero-order valence-electron chi connectivity index (χ0n) is 19.8. The third-order valence-electron chi connectivity index (χ3n) is 5.66. The van der Waals surface area contributed by atoms with Gasteiger partial charge < -0.3 is 29.4 Å². The summed E-state index contributed by atoms with van der Waals surface area (Å²) >= 11 is 5.95. The Labute approximate surface area is 213 Å². The number of benzene rings is 3. The molecule has 0 bridgehead atoms. The Balaban J connectivity index is 1.59. The second-order valence-corrected chi connectivity index (χ2v) is 8.34. The third kappa shape index (κ3) is 5.02. The summed E-state index contributed by atoms with van der Waals surface area (Å²) in [7, 11) is 3.09. The van der Waals surface area contributed by atoms with Gasteiger partial charge in [0, 0.05) is 28.3 Å². The number of allylic oxidation sites excluding steroid dienone is 1. The fourth-order valence-corrected chi connectivity index (χ4v) is 4.17. The zero-order valence-corrected chi connectivity index (χ0v) is 20.6. The Morgan fingerprint density at radius 2 is 1.78 bits per heavy atom. The lowest BCUT2D eigenvalue weighted by atomic mass is 9.83. The summed E-state index contributed by atoms with van der Waals surface area (Å²) in [6.07, 6.45) is 0.